The molecule has 8 heteroatoms. The molecule has 0 unspecified atom stereocenters. The van der Waals surface area contributed by atoms with Crippen LogP contribution in [0.3, 0.4) is 0 Å². The van der Waals surface area contributed by atoms with Gasteiger partial charge in [0.15, 0.2) is 0 Å². The Labute approximate surface area is 160 Å². The Bertz CT molecular complexity index is 862. The Kier molecular flexibility index (Phi) is 6.20. The first-order valence-electron chi connectivity index (χ1n) is 9.00. The van der Waals surface area contributed by atoms with Gasteiger partial charge in [-0.2, -0.15) is 0 Å². The molecule has 1 fully saturated rings. The summed E-state index contributed by atoms with van der Waals surface area (Å²) >= 11 is 0. The number of sulfonamides is 1. The van der Waals surface area contributed by atoms with E-state index in [0.717, 1.165) is 25.2 Å². The van der Waals surface area contributed by atoms with Gasteiger partial charge in [-0.05, 0) is 48.5 Å². The van der Waals surface area contributed by atoms with E-state index in [4.69, 9.17) is 0 Å². The lowest BCUT2D eigenvalue weighted by Gasteiger charge is -2.34. The van der Waals surface area contributed by atoms with Crippen molar-refractivity contribution in [2.45, 2.75) is 18.4 Å². The van der Waals surface area contributed by atoms with Crippen LogP contribution in [0.4, 0.5) is 0 Å². The number of nitrogens with one attached hydrogen (secondary N) is 1. The third kappa shape index (κ3) is 4.91. The van der Waals surface area contributed by atoms with Crippen molar-refractivity contribution in [2.75, 3.05) is 32.7 Å². The Morgan fingerprint density at radius 2 is 1.67 bits per heavy atom. The zero-order chi connectivity index (χ0) is 19.3. The topological polar surface area (TPSA) is 82.6 Å². The lowest BCUT2D eigenvalue weighted by molar-refractivity contribution is 0.0643. The minimum atomic E-state index is -3.64. The van der Waals surface area contributed by atoms with Gasteiger partial charge in [0.25, 0.3) is 5.91 Å². The second kappa shape index (κ2) is 8.60. The molecular weight excluding hydrogens is 364 g/mol. The number of pyridine rings is 1. The molecule has 2 heterocycles. The van der Waals surface area contributed by atoms with E-state index in [9.17, 15) is 13.2 Å². The molecule has 0 saturated carbocycles. The van der Waals surface area contributed by atoms with Gasteiger partial charge in [-0.15, -0.1) is 0 Å². The molecule has 1 aliphatic rings. The molecule has 0 bridgehead atoms. The van der Waals surface area contributed by atoms with Crippen molar-refractivity contribution >= 4 is 15.9 Å². The largest absolute Gasteiger partial charge is 0.336 e. The third-order valence-electron chi connectivity index (χ3n) is 4.73. The molecule has 1 aliphatic heterocycles. The molecule has 1 amide bonds. The van der Waals surface area contributed by atoms with Crippen LogP contribution in [0.15, 0.2) is 53.7 Å². The third-order valence-corrected chi connectivity index (χ3v) is 6.15. The Balaban J connectivity index is 1.63. The Morgan fingerprint density at radius 3 is 2.26 bits per heavy atom. The first-order valence-corrected chi connectivity index (χ1v) is 10.5. The zero-order valence-corrected chi connectivity index (χ0v) is 16.2. The number of likely N-dealkylation sites (N-methyl/N-ethyl adjacent to an activating group) is 1. The predicted octanol–water partition coefficient (Wildman–Crippen LogP) is 1.34. The molecule has 3 rings (SSSR count). The number of carbonyl (C=O) groups is 1. The minimum Gasteiger partial charge on any atom is -0.336 e. The highest BCUT2D eigenvalue weighted by molar-refractivity contribution is 7.89. The van der Waals surface area contributed by atoms with Gasteiger partial charge in [-0.3, -0.25) is 9.78 Å². The standard InChI is InChI=1S/C19H24N4O3S/c1-2-22-11-13-23(14-12-22)19(24)17-3-5-18(6-4-17)27(25,26)21-15-16-7-9-20-10-8-16/h3-10,21H,2,11-15H2,1H3. The van der Waals surface area contributed by atoms with Gasteiger partial charge in [0.1, 0.15) is 0 Å². The van der Waals surface area contributed by atoms with Gasteiger partial charge in [0.2, 0.25) is 10.0 Å². The maximum atomic E-state index is 12.6. The highest BCUT2D eigenvalue weighted by Gasteiger charge is 2.22. The molecule has 7 nitrogen and oxygen atoms in total. The second-order valence-corrected chi connectivity index (χ2v) is 8.20. The number of piperazine rings is 1. The van der Waals surface area contributed by atoms with Crippen LogP contribution >= 0.6 is 0 Å². The summed E-state index contributed by atoms with van der Waals surface area (Å²) in [5.74, 6) is -0.0561. The molecule has 1 saturated heterocycles. The summed E-state index contributed by atoms with van der Waals surface area (Å²) in [5, 5.41) is 0. The lowest BCUT2D eigenvalue weighted by atomic mass is 10.2. The first-order chi connectivity index (χ1) is 13.0. The number of benzene rings is 1. The van der Waals surface area contributed by atoms with E-state index in [2.05, 4.69) is 21.5 Å². The Morgan fingerprint density at radius 1 is 1.04 bits per heavy atom. The van der Waals surface area contributed by atoms with Crippen molar-refractivity contribution in [1.82, 2.24) is 19.5 Å². The number of hydrogen-bond donors (Lipinski definition) is 1. The average molecular weight is 388 g/mol. The molecule has 0 spiro atoms. The number of amides is 1. The number of carbonyl (C=O) groups excluding carboxylic acids is 1. The molecule has 1 aromatic carbocycles. The van der Waals surface area contributed by atoms with E-state index in [1.54, 1.807) is 36.7 Å². The van der Waals surface area contributed by atoms with Crippen LogP contribution in [-0.4, -0.2) is 61.8 Å². The minimum absolute atomic E-state index is 0.0561. The van der Waals surface area contributed by atoms with E-state index in [-0.39, 0.29) is 17.3 Å². The van der Waals surface area contributed by atoms with Gasteiger partial charge >= 0.3 is 0 Å². The van der Waals surface area contributed by atoms with E-state index in [0.29, 0.717) is 18.7 Å². The fourth-order valence-electron chi connectivity index (χ4n) is 2.99. The SMILES string of the molecule is CCN1CCN(C(=O)c2ccc(S(=O)(=O)NCc3ccncc3)cc2)CC1. The van der Waals surface area contributed by atoms with Crippen LogP contribution in [-0.2, 0) is 16.6 Å². The van der Waals surface area contributed by atoms with Gasteiger partial charge in [-0.25, -0.2) is 13.1 Å². The molecule has 144 valence electrons. The van der Waals surface area contributed by atoms with Crippen LogP contribution in [0, 0.1) is 0 Å². The summed E-state index contributed by atoms with van der Waals surface area (Å²) in [7, 11) is -3.64. The van der Waals surface area contributed by atoms with Crippen LogP contribution < -0.4 is 4.72 Å². The van der Waals surface area contributed by atoms with Gasteiger partial charge < -0.3 is 9.80 Å². The molecule has 0 aliphatic carbocycles. The fraction of sp³-hybridized carbons (Fsp3) is 0.368. The number of hydrogen-bond acceptors (Lipinski definition) is 5. The molecule has 0 atom stereocenters. The van der Waals surface area contributed by atoms with Crippen molar-refractivity contribution in [3.63, 3.8) is 0 Å². The van der Waals surface area contributed by atoms with E-state index < -0.39 is 10.0 Å². The molecule has 1 aromatic heterocycles. The lowest BCUT2D eigenvalue weighted by Crippen LogP contribution is -2.48. The quantitative estimate of drug-likeness (QED) is 0.807. The maximum Gasteiger partial charge on any atom is 0.253 e. The molecular formula is C19H24N4O3S. The van der Waals surface area contributed by atoms with Crippen molar-refractivity contribution in [1.29, 1.82) is 0 Å². The van der Waals surface area contributed by atoms with Gasteiger partial charge in [0, 0.05) is 50.7 Å². The number of aromatic nitrogens is 1. The average Bonchev–Trinajstić information content (AvgIpc) is 2.73. The van der Waals surface area contributed by atoms with Crippen molar-refractivity contribution in [2.24, 2.45) is 0 Å². The normalized spacial score (nSPS) is 15.7. The monoisotopic (exact) mass is 388 g/mol. The summed E-state index contributed by atoms with van der Waals surface area (Å²) in [4.78, 5) is 20.8. The van der Waals surface area contributed by atoms with Crippen LogP contribution in [0.25, 0.3) is 0 Å². The van der Waals surface area contributed by atoms with E-state index >= 15 is 0 Å². The van der Waals surface area contributed by atoms with Crippen LogP contribution in [0.1, 0.15) is 22.8 Å². The van der Waals surface area contributed by atoms with Crippen molar-refractivity contribution in [3.8, 4) is 0 Å². The van der Waals surface area contributed by atoms with E-state index in [1.165, 1.54) is 12.1 Å². The van der Waals surface area contributed by atoms with E-state index in [1.807, 2.05) is 4.90 Å². The highest BCUT2D eigenvalue weighted by atomic mass is 32.2. The van der Waals surface area contributed by atoms with Crippen LogP contribution in [0.5, 0.6) is 0 Å². The predicted molar refractivity (Wildman–Crippen MR) is 103 cm³/mol. The van der Waals surface area contributed by atoms with Crippen molar-refractivity contribution < 1.29 is 13.2 Å². The molecule has 1 N–H and O–H groups in total. The summed E-state index contributed by atoms with van der Waals surface area (Å²) in [5.41, 5.74) is 1.33. The smallest absolute Gasteiger partial charge is 0.253 e. The summed E-state index contributed by atoms with van der Waals surface area (Å²) in [6.45, 7) is 6.41. The second-order valence-electron chi connectivity index (χ2n) is 6.43. The van der Waals surface area contributed by atoms with Gasteiger partial charge in [-0.1, -0.05) is 6.92 Å². The Hall–Kier alpha value is -2.29. The number of nitrogens with zero attached hydrogens (tertiary/aromatic N) is 3. The first kappa shape index (κ1) is 19.5. The zero-order valence-electron chi connectivity index (χ0n) is 15.3. The summed E-state index contributed by atoms with van der Waals surface area (Å²) in [6.07, 6.45) is 3.23. The van der Waals surface area contributed by atoms with Crippen molar-refractivity contribution in [3.05, 3.63) is 59.9 Å². The van der Waals surface area contributed by atoms with Crippen LogP contribution in [0.2, 0.25) is 0 Å². The summed E-state index contributed by atoms with van der Waals surface area (Å²) < 4.78 is 27.4. The number of rotatable bonds is 6. The molecule has 2 aromatic rings. The maximum absolute atomic E-state index is 12.6. The molecule has 27 heavy (non-hydrogen) atoms. The van der Waals surface area contributed by atoms with Gasteiger partial charge in [0.05, 0.1) is 4.90 Å². The fourth-order valence-corrected chi connectivity index (χ4v) is 4.01. The molecule has 0 radical (unpaired) electrons. The highest BCUT2D eigenvalue weighted by Crippen LogP contribution is 2.14. The summed E-state index contributed by atoms with van der Waals surface area (Å²) in [6, 6.07) is 9.62.